The molecule has 0 radical (unpaired) electrons. The van der Waals surface area contributed by atoms with Crippen molar-refractivity contribution in [1.29, 1.82) is 0 Å². The van der Waals surface area contributed by atoms with E-state index in [2.05, 4.69) is 17.6 Å². The van der Waals surface area contributed by atoms with Gasteiger partial charge < -0.3 is 15.4 Å². The summed E-state index contributed by atoms with van der Waals surface area (Å²) < 4.78 is 5.66. The second-order valence-corrected chi connectivity index (χ2v) is 6.68. The number of amides is 1. The van der Waals surface area contributed by atoms with Gasteiger partial charge in [0.05, 0.1) is 11.9 Å². The summed E-state index contributed by atoms with van der Waals surface area (Å²) in [5.74, 6) is 2.26. The van der Waals surface area contributed by atoms with E-state index in [1.807, 2.05) is 0 Å². The fraction of sp³-hybridized carbons (Fsp3) is 0.929. The van der Waals surface area contributed by atoms with Crippen molar-refractivity contribution in [3.05, 3.63) is 0 Å². The van der Waals surface area contributed by atoms with Gasteiger partial charge in [0.15, 0.2) is 0 Å². The van der Waals surface area contributed by atoms with Gasteiger partial charge in [-0.2, -0.15) is 0 Å². The fourth-order valence-electron chi connectivity index (χ4n) is 2.65. The van der Waals surface area contributed by atoms with Crippen LogP contribution >= 0.6 is 11.8 Å². The van der Waals surface area contributed by atoms with Crippen LogP contribution in [0.1, 0.15) is 32.6 Å². The third-order valence-electron chi connectivity index (χ3n) is 3.98. The molecular formula is C14H26N2O2S. The Balaban J connectivity index is 1.58. The largest absolute Gasteiger partial charge is 0.377 e. The average Bonchev–Trinajstić information content (AvgIpc) is 2.43. The van der Waals surface area contributed by atoms with Gasteiger partial charge in [-0.05, 0) is 38.1 Å². The molecule has 110 valence electrons. The van der Waals surface area contributed by atoms with Crippen molar-refractivity contribution >= 4 is 17.7 Å². The van der Waals surface area contributed by atoms with Crippen LogP contribution in [0.25, 0.3) is 0 Å². The van der Waals surface area contributed by atoms with Gasteiger partial charge in [0.1, 0.15) is 0 Å². The van der Waals surface area contributed by atoms with Crippen LogP contribution in [0, 0.1) is 5.92 Å². The van der Waals surface area contributed by atoms with E-state index in [4.69, 9.17) is 4.74 Å². The van der Waals surface area contributed by atoms with Crippen molar-refractivity contribution in [3.63, 3.8) is 0 Å². The molecule has 0 spiro atoms. The minimum Gasteiger partial charge on any atom is -0.377 e. The normalized spacial score (nSPS) is 31.9. The van der Waals surface area contributed by atoms with Gasteiger partial charge in [-0.15, -0.1) is 11.8 Å². The van der Waals surface area contributed by atoms with E-state index in [9.17, 15) is 4.79 Å². The molecule has 2 saturated heterocycles. The smallest absolute Gasteiger partial charge is 0.230 e. The van der Waals surface area contributed by atoms with Crippen molar-refractivity contribution in [1.82, 2.24) is 10.6 Å². The van der Waals surface area contributed by atoms with Gasteiger partial charge in [0.2, 0.25) is 5.91 Å². The lowest BCUT2D eigenvalue weighted by Crippen LogP contribution is -2.50. The van der Waals surface area contributed by atoms with Crippen LogP contribution in [0.4, 0.5) is 0 Å². The third-order valence-corrected chi connectivity index (χ3v) is 5.06. The molecule has 2 aliphatic heterocycles. The predicted molar refractivity (Wildman–Crippen MR) is 79.5 cm³/mol. The van der Waals surface area contributed by atoms with Crippen molar-refractivity contribution in [2.24, 2.45) is 5.92 Å². The molecule has 0 aromatic heterocycles. The van der Waals surface area contributed by atoms with Gasteiger partial charge in [-0.25, -0.2) is 0 Å². The van der Waals surface area contributed by atoms with Crippen LogP contribution in [-0.2, 0) is 9.53 Å². The molecule has 0 aliphatic carbocycles. The van der Waals surface area contributed by atoms with Crippen LogP contribution in [0.5, 0.6) is 0 Å². The second kappa shape index (κ2) is 8.12. The number of ether oxygens (including phenoxy) is 1. The Morgan fingerprint density at radius 1 is 1.42 bits per heavy atom. The van der Waals surface area contributed by atoms with Crippen LogP contribution in [0.15, 0.2) is 0 Å². The van der Waals surface area contributed by atoms with Crippen LogP contribution in [0.3, 0.4) is 0 Å². The molecule has 2 N–H and O–H groups in total. The van der Waals surface area contributed by atoms with E-state index >= 15 is 0 Å². The third kappa shape index (κ3) is 5.32. The first kappa shape index (κ1) is 15.1. The lowest BCUT2D eigenvalue weighted by molar-refractivity contribution is -0.119. The predicted octanol–water partition coefficient (Wildman–Crippen LogP) is 1.40. The maximum Gasteiger partial charge on any atom is 0.230 e. The maximum atomic E-state index is 11.9. The number of carbonyl (C=O) groups excluding carboxylic acids is 1. The van der Waals surface area contributed by atoms with Gasteiger partial charge in [0, 0.05) is 24.9 Å². The Morgan fingerprint density at radius 3 is 3.05 bits per heavy atom. The molecule has 3 atom stereocenters. The second-order valence-electron chi connectivity index (χ2n) is 5.65. The molecule has 0 bridgehead atoms. The maximum absolute atomic E-state index is 11.9. The molecule has 19 heavy (non-hydrogen) atoms. The summed E-state index contributed by atoms with van der Waals surface area (Å²) >= 11 is 1.70. The monoisotopic (exact) mass is 286 g/mol. The van der Waals surface area contributed by atoms with E-state index in [-0.39, 0.29) is 5.91 Å². The molecule has 2 fully saturated rings. The highest BCUT2D eigenvalue weighted by Gasteiger charge is 2.22. The highest BCUT2D eigenvalue weighted by Crippen LogP contribution is 2.17. The molecule has 2 aliphatic rings. The van der Waals surface area contributed by atoms with Gasteiger partial charge in [-0.1, -0.05) is 6.92 Å². The van der Waals surface area contributed by atoms with Gasteiger partial charge >= 0.3 is 0 Å². The van der Waals surface area contributed by atoms with Crippen LogP contribution in [0.2, 0.25) is 0 Å². The minimum atomic E-state index is 0.168. The van der Waals surface area contributed by atoms with Crippen LogP contribution in [-0.4, -0.2) is 49.3 Å². The molecule has 2 heterocycles. The molecule has 2 rings (SSSR count). The highest BCUT2D eigenvalue weighted by molar-refractivity contribution is 7.99. The molecule has 0 aromatic rings. The zero-order valence-electron chi connectivity index (χ0n) is 11.8. The van der Waals surface area contributed by atoms with Crippen molar-refractivity contribution < 1.29 is 9.53 Å². The SMILES string of the molecule is CC1CCNCC1NC(=O)CSCC1CCCCO1. The first-order chi connectivity index (χ1) is 9.25. The van der Waals surface area contributed by atoms with E-state index in [1.165, 1.54) is 12.8 Å². The Labute approximate surface area is 120 Å². The van der Waals surface area contributed by atoms with Crippen molar-refractivity contribution in [2.45, 2.75) is 44.8 Å². The van der Waals surface area contributed by atoms with E-state index in [0.29, 0.717) is 23.8 Å². The van der Waals surface area contributed by atoms with Crippen molar-refractivity contribution in [2.75, 3.05) is 31.2 Å². The van der Waals surface area contributed by atoms with E-state index in [1.54, 1.807) is 11.8 Å². The Kier molecular flexibility index (Phi) is 6.47. The topological polar surface area (TPSA) is 50.4 Å². The lowest BCUT2D eigenvalue weighted by atomic mass is 9.95. The molecule has 3 unspecified atom stereocenters. The van der Waals surface area contributed by atoms with Gasteiger partial charge in [0.25, 0.3) is 0 Å². The number of carbonyl (C=O) groups is 1. The number of rotatable bonds is 5. The molecule has 1 amide bonds. The summed E-state index contributed by atoms with van der Waals surface area (Å²) in [5, 5.41) is 6.48. The summed E-state index contributed by atoms with van der Waals surface area (Å²) in [6.07, 6.45) is 5.12. The molecule has 0 saturated carbocycles. The quantitative estimate of drug-likeness (QED) is 0.802. The highest BCUT2D eigenvalue weighted by atomic mass is 32.2. The minimum absolute atomic E-state index is 0.168. The number of hydrogen-bond acceptors (Lipinski definition) is 4. The Bertz CT molecular complexity index is 283. The zero-order chi connectivity index (χ0) is 13.5. The summed E-state index contributed by atoms with van der Waals surface area (Å²) in [5.41, 5.74) is 0. The summed E-state index contributed by atoms with van der Waals surface area (Å²) in [6, 6.07) is 0.299. The van der Waals surface area contributed by atoms with Gasteiger partial charge in [-0.3, -0.25) is 4.79 Å². The molecule has 0 aromatic carbocycles. The Morgan fingerprint density at radius 2 is 2.32 bits per heavy atom. The van der Waals surface area contributed by atoms with E-state index in [0.717, 1.165) is 38.3 Å². The number of nitrogens with one attached hydrogen (secondary N) is 2. The number of thioether (sulfide) groups is 1. The Hall–Kier alpha value is -0.260. The summed E-state index contributed by atoms with van der Waals surface area (Å²) in [4.78, 5) is 11.9. The summed E-state index contributed by atoms with van der Waals surface area (Å²) in [6.45, 7) is 5.09. The fourth-order valence-corrected chi connectivity index (χ4v) is 3.57. The van der Waals surface area contributed by atoms with Crippen LogP contribution < -0.4 is 10.6 Å². The van der Waals surface area contributed by atoms with Crippen molar-refractivity contribution in [3.8, 4) is 0 Å². The van der Waals surface area contributed by atoms with E-state index < -0.39 is 0 Å². The lowest BCUT2D eigenvalue weighted by Gasteiger charge is -2.30. The summed E-state index contributed by atoms with van der Waals surface area (Å²) in [7, 11) is 0. The number of hydrogen-bond donors (Lipinski definition) is 2. The number of piperidine rings is 1. The standard InChI is InChI=1S/C14H26N2O2S/c1-11-5-6-15-8-13(11)16-14(17)10-19-9-12-4-2-3-7-18-12/h11-13,15H,2-10H2,1H3,(H,16,17). The molecule has 4 nitrogen and oxygen atoms in total. The zero-order valence-corrected chi connectivity index (χ0v) is 12.6. The first-order valence-electron chi connectivity index (χ1n) is 7.45. The molecular weight excluding hydrogens is 260 g/mol. The average molecular weight is 286 g/mol. The first-order valence-corrected chi connectivity index (χ1v) is 8.60. The molecule has 5 heteroatoms.